The molecule has 0 amide bonds. The molecule has 0 saturated carbocycles. The van der Waals surface area contributed by atoms with E-state index in [9.17, 15) is 0 Å². The summed E-state index contributed by atoms with van der Waals surface area (Å²) >= 11 is 5.93. The number of ether oxygens (including phenoxy) is 1. The Morgan fingerprint density at radius 2 is 2.00 bits per heavy atom. The first-order valence-electron chi connectivity index (χ1n) is 5.07. The third-order valence-corrected chi connectivity index (χ3v) is 2.64. The summed E-state index contributed by atoms with van der Waals surface area (Å²) in [6.07, 6.45) is 1.00. The summed E-state index contributed by atoms with van der Waals surface area (Å²) in [6, 6.07) is 10.4. The lowest BCUT2D eigenvalue weighted by atomic mass is 9.98. The van der Waals surface area contributed by atoms with Gasteiger partial charge in [0.15, 0.2) is 0 Å². The molecule has 0 aromatic heterocycles. The smallest absolute Gasteiger partial charge is 0.0472 e. The van der Waals surface area contributed by atoms with E-state index in [-0.39, 0.29) is 0 Å². The van der Waals surface area contributed by atoms with E-state index in [2.05, 4.69) is 24.3 Å². The first kappa shape index (κ1) is 11.5. The minimum absolute atomic E-state index is 0.421. The summed E-state index contributed by atoms with van der Waals surface area (Å²) in [5.41, 5.74) is 1.31. The van der Waals surface area contributed by atoms with E-state index in [1.54, 1.807) is 0 Å². The monoisotopic (exact) mass is 212 g/mol. The molecule has 2 heteroatoms. The molecular formula is C12H17ClO. The number of hydrogen-bond donors (Lipinski definition) is 0. The van der Waals surface area contributed by atoms with Gasteiger partial charge in [-0.05, 0) is 24.8 Å². The number of hydrogen-bond acceptors (Lipinski definition) is 1. The van der Waals surface area contributed by atoms with E-state index in [4.69, 9.17) is 16.3 Å². The highest BCUT2D eigenvalue weighted by Gasteiger charge is 2.08. The molecule has 14 heavy (non-hydrogen) atoms. The summed E-state index contributed by atoms with van der Waals surface area (Å²) in [4.78, 5) is 0. The Balaban J connectivity index is 2.46. The van der Waals surface area contributed by atoms with Crippen LogP contribution in [0.2, 0.25) is 0 Å². The summed E-state index contributed by atoms with van der Waals surface area (Å²) < 4.78 is 5.33. The molecule has 1 aromatic rings. The van der Waals surface area contributed by atoms with Crippen molar-refractivity contribution in [3.8, 4) is 0 Å². The van der Waals surface area contributed by atoms with Crippen LogP contribution in [0.25, 0.3) is 0 Å². The van der Waals surface area contributed by atoms with Gasteiger partial charge < -0.3 is 4.74 Å². The van der Waals surface area contributed by atoms with Crippen molar-refractivity contribution in [3.63, 3.8) is 0 Å². The third kappa shape index (κ3) is 3.69. The first-order valence-corrected chi connectivity index (χ1v) is 5.60. The lowest BCUT2D eigenvalue weighted by Crippen LogP contribution is -2.05. The molecule has 0 aliphatic rings. The summed E-state index contributed by atoms with van der Waals surface area (Å²) in [7, 11) is 0. The maximum Gasteiger partial charge on any atom is 0.0472 e. The molecule has 78 valence electrons. The molecule has 0 saturated heterocycles. The lowest BCUT2D eigenvalue weighted by molar-refractivity contribution is 0.141. The Kier molecular flexibility index (Phi) is 5.65. The van der Waals surface area contributed by atoms with Gasteiger partial charge in [0.25, 0.3) is 0 Å². The van der Waals surface area contributed by atoms with E-state index in [1.807, 2.05) is 13.0 Å². The molecule has 0 heterocycles. The molecule has 0 aliphatic carbocycles. The molecule has 0 spiro atoms. The average molecular weight is 213 g/mol. The highest BCUT2D eigenvalue weighted by Crippen LogP contribution is 2.20. The molecule has 0 aliphatic heterocycles. The average Bonchev–Trinajstić information content (AvgIpc) is 2.26. The normalized spacial score (nSPS) is 12.7. The van der Waals surface area contributed by atoms with Gasteiger partial charge in [0, 0.05) is 19.1 Å². The fraction of sp³-hybridized carbons (Fsp3) is 0.500. The van der Waals surface area contributed by atoms with Crippen LogP contribution in [0.1, 0.15) is 24.8 Å². The maximum absolute atomic E-state index is 5.93. The van der Waals surface area contributed by atoms with Crippen LogP contribution in [0, 0.1) is 0 Å². The van der Waals surface area contributed by atoms with E-state index in [0.29, 0.717) is 11.8 Å². The van der Waals surface area contributed by atoms with Gasteiger partial charge in [-0.15, -0.1) is 11.6 Å². The van der Waals surface area contributed by atoms with Gasteiger partial charge in [-0.2, -0.15) is 0 Å². The molecule has 0 N–H and O–H groups in total. The number of rotatable bonds is 6. The zero-order valence-corrected chi connectivity index (χ0v) is 9.33. The van der Waals surface area contributed by atoms with E-state index in [0.717, 1.165) is 19.6 Å². The van der Waals surface area contributed by atoms with Crippen molar-refractivity contribution in [1.82, 2.24) is 0 Å². The molecule has 0 fully saturated rings. The molecule has 1 atom stereocenters. The molecular weight excluding hydrogens is 196 g/mol. The van der Waals surface area contributed by atoms with Crippen LogP contribution in [-0.2, 0) is 4.74 Å². The van der Waals surface area contributed by atoms with Crippen LogP contribution in [0.3, 0.4) is 0 Å². The second kappa shape index (κ2) is 6.86. The molecule has 0 bridgehead atoms. The van der Waals surface area contributed by atoms with Crippen LogP contribution in [-0.4, -0.2) is 19.1 Å². The van der Waals surface area contributed by atoms with Crippen molar-refractivity contribution in [2.45, 2.75) is 19.3 Å². The topological polar surface area (TPSA) is 9.23 Å². The van der Waals surface area contributed by atoms with Crippen molar-refractivity contribution in [3.05, 3.63) is 35.9 Å². The van der Waals surface area contributed by atoms with Gasteiger partial charge in [0.2, 0.25) is 0 Å². The quantitative estimate of drug-likeness (QED) is 0.519. The van der Waals surface area contributed by atoms with Crippen molar-refractivity contribution >= 4 is 11.6 Å². The molecule has 1 nitrogen and oxygen atoms in total. The highest BCUT2D eigenvalue weighted by atomic mass is 35.5. The van der Waals surface area contributed by atoms with Crippen molar-refractivity contribution in [2.75, 3.05) is 19.1 Å². The SMILES string of the molecule is CCOCCC(CCl)c1ccccc1. The van der Waals surface area contributed by atoms with Crippen molar-refractivity contribution in [1.29, 1.82) is 0 Å². The van der Waals surface area contributed by atoms with Gasteiger partial charge in [-0.3, -0.25) is 0 Å². The second-order valence-corrected chi connectivity index (χ2v) is 3.56. The van der Waals surface area contributed by atoms with E-state index < -0.39 is 0 Å². The van der Waals surface area contributed by atoms with Gasteiger partial charge in [-0.1, -0.05) is 30.3 Å². The second-order valence-electron chi connectivity index (χ2n) is 3.25. The van der Waals surface area contributed by atoms with Gasteiger partial charge in [0.1, 0.15) is 0 Å². The Morgan fingerprint density at radius 3 is 2.57 bits per heavy atom. The number of alkyl halides is 1. The predicted molar refractivity (Wildman–Crippen MR) is 61.0 cm³/mol. The van der Waals surface area contributed by atoms with Crippen LogP contribution >= 0.6 is 11.6 Å². The van der Waals surface area contributed by atoms with Gasteiger partial charge in [-0.25, -0.2) is 0 Å². The lowest BCUT2D eigenvalue weighted by Gasteiger charge is -2.13. The van der Waals surface area contributed by atoms with E-state index in [1.165, 1.54) is 5.56 Å². The predicted octanol–water partition coefficient (Wildman–Crippen LogP) is 3.44. The zero-order valence-electron chi connectivity index (χ0n) is 8.58. The maximum atomic E-state index is 5.93. The minimum atomic E-state index is 0.421. The van der Waals surface area contributed by atoms with Gasteiger partial charge >= 0.3 is 0 Å². The fourth-order valence-electron chi connectivity index (χ4n) is 1.43. The molecule has 0 radical (unpaired) electrons. The highest BCUT2D eigenvalue weighted by molar-refractivity contribution is 6.18. The Labute approximate surface area is 91.0 Å². The standard InChI is InChI=1S/C12H17ClO/c1-2-14-9-8-12(10-13)11-6-4-3-5-7-11/h3-7,12H,2,8-10H2,1H3. The summed E-state index contributed by atoms with van der Waals surface area (Å²) in [6.45, 7) is 3.59. The van der Waals surface area contributed by atoms with Crippen LogP contribution in [0.15, 0.2) is 30.3 Å². The summed E-state index contributed by atoms with van der Waals surface area (Å²) in [5.74, 6) is 1.08. The van der Waals surface area contributed by atoms with Crippen LogP contribution in [0.4, 0.5) is 0 Å². The Bertz CT molecular complexity index is 235. The largest absolute Gasteiger partial charge is 0.382 e. The van der Waals surface area contributed by atoms with Gasteiger partial charge in [0.05, 0.1) is 0 Å². The fourth-order valence-corrected chi connectivity index (χ4v) is 1.76. The molecule has 1 unspecified atom stereocenters. The Hall–Kier alpha value is -0.530. The number of benzene rings is 1. The summed E-state index contributed by atoms with van der Waals surface area (Å²) in [5, 5.41) is 0. The van der Waals surface area contributed by atoms with E-state index >= 15 is 0 Å². The minimum Gasteiger partial charge on any atom is -0.382 e. The third-order valence-electron chi connectivity index (χ3n) is 2.27. The van der Waals surface area contributed by atoms with Crippen LogP contribution in [0.5, 0.6) is 0 Å². The molecule has 1 aromatic carbocycles. The zero-order chi connectivity index (χ0) is 10.2. The Morgan fingerprint density at radius 1 is 1.29 bits per heavy atom. The first-order chi connectivity index (χ1) is 6.88. The van der Waals surface area contributed by atoms with Crippen molar-refractivity contribution in [2.24, 2.45) is 0 Å². The molecule has 1 rings (SSSR count). The van der Waals surface area contributed by atoms with Crippen LogP contribution < -0.4 is 0 Å². The van der Waals surface area contributed by atoms with Crippen molar-refractivity contribution < 1.29 is 4.74 Å². The number of halogens is 1.